The van der Waals surface area contributed by atoms with E-state index in [1.807, 2.05) is 49.8 Å². The predicted octanol–water partition coefficient (Wildman–Crippen LogP) is 2.76. The monoisotopic (exact) mass is 503 g/mol. The van der Waals surface area contributed by atoms with Crippen molar-refractivity contribution in [3.8, 4) is 0 Å². The molecule has 2 rings (SSSR count). The fraction of sp³-hybridized carbons (Fsp3) is 0.474. The molecule has 1 heterocycles. The fourth-order valence-electron chi connectivity index (χ4n) is 2.42. The van der Waals surface area contributed by atoms with Gasteiger partial charge in [0.05, 0.1) is 6.54 Å². The minimum absolute atomic E-state index is 0. The number of aliphatic imine (C=N–C) groups is 1. The summed E-state index contributed by atoms with van der Waals surface area (Å²) in [5, 5.41) is 10.8. The van der Waals surface area contributed by atoms with Crippen LogP contribution >= 0.6 is 24.0 Å². The molecule has 27 heavy (non-hydrogen) atoms. The zero-order chi connectivity index (χ0) is 19.0. The van der Waals surface area contributed by atoms with Crippen LogP contribution in [0.15, 0.2) is 47.7 Å². The Bertz CT molecular complexity index is 741. The summed E-state index contributed by atoms with van der Waals surface area (Å²) in [5.41, 5.74) is 2.41. The van der Waals surface area contributed by atoms with Crippen LogP contribution in [0.4, 0.5) is 0 Å². The van der Waals surface area contributed by atoms with Crippen molar-refractivity contribution in [3.05, 3.63) is 53.9 Å². The molecule has 0 aliphatic carbocycles. The lowest BCUT2D eigenvalue weighted by Crippen LogP contribution is -2.40. The highest BCUT2D eigenvalue weighted by Crippen LogP contribution is 2.11. The number of rotatable bonds is 7. The average molecular weight is 503 g/mol. The number of benzene rings is 1. The SMILES string of the molecule is CN=C(NCCS(=O)C(C)(C)C)NCc1ccccc1Cn1cccn1.I. The van der Waals surface area contributed by atoms with Crippen molar-refractivity contribution in [2.75, 3.05) is 19.3 Å². The Hall–Kier alpha value is -1.42. The highest BCUT2D eigenvalue weighted by atomic mass is 127. The van der Waals surface area contributed by atoms with Crippen LogP contribution in [0.2, 0.25) is 0 Å². The third kappa shape index (κ3) is 8.00. The van der Waals surface area contributed by atoms with Gasteiger partial charge in [-0.15, -0.1) is 24.0 Å². The number of nitrogens with one attached hydrogen (secondary N) is 2. The van der Waals surface area contributed by atoms with Gasteiger partial charge in [0.15, 0.2) is 5.96 Å². The van der Waals surface area contributed by atoms with Crippen LogP contribution in [0.1, 0.15) is 31.9 Å². The van der Waals surface area contributed by atoms with E-state index in [9.17, 15) is 4.21 Å². The molecule has 1 aromatic heterocycles. The van der Waals surface area contributed by atoms with Gasteiger partial charge in [0.2, 0.25) is 0 Å². The molecule has 0 saturated carbocycles. The predicted molar refractivity (Wildman–Crippen MR) is 124 cm³/mol. The van der Waals surface area contributed by atoms with Crippen molar-refractivity contribution >= 4 is 40.7 Å². The molecule has 1 unspecified atom stereocenters. The first-order chi connectivity index (χ1) is 12.4. The maximum atomic E-state index is 12.1. The number of hydrogen-bond acceptors (Lipinski definition) is 3. The van der Waals surface area contributed by atoms with E-state index in [1.54, 1.807) is 13.2 Å². The second kappa shape index (κ2) is 11.4. The maximum Gasteiger partial charge on any atom is 0.191 e. The molecule has 0 fully saturated rings. The van der Waals surface area contributed by atoms with Crippen LogP contribution in [-0.4, -0.2) is 44.0 Å². The number of halogens is 1. The number of hydrogen-bond donors (Lipinski definition) is 2. The highest BCUT2D eigenvalue weighted by molar-refractivity contribution is 14.0. The first kappa shape index (κ1) is 23.6. The number of nitrogens with zero attached hydrogens (tertiary/aromatic N) is 3. The molecule has 150 valence electrons. The van der Waals surface area contributed by atoms with Gasteiger partial charge in [0.1, 0.15) is 0 Å². The summed E-state index contributed by atoms with van der Waals surface area (Å²) in [6, 6.07) is 10.2. The molecule has 1 atom stereocenters. The van der Waals surface area contributed by atoms with E-state index >= 15 is 0 Å². The van der Waals surface area contributed by atoms with Crippen molar-refractivity contribution in [2.45, 2.75) is 38.6 Å². The van der Waals surface area contributed by atoms with E-state index in [4.69, 9.17) is 0 Å². The Morgan fingerprint density at radius 1 is 1.19 bits per heavy atom. The van der Waals surface area contributed by atoms with E-state index in [1.165, 1.54) is 11.1 Å². The van der Waals surface area contributed by atoms with Crippen LogP contribution in [0.5, 0.6) is 0 Å². The van der Waals surface area contributed by atoms with Crippen LogP contribution < -0.4 is 10.6 Å². The summed E-state index contributed by atoms with van der Waals surface area (Å²) >= 11 is 0. The largest absolute Gasteiger partial charge is 0.355 e. The van der Waals surface area contributed by atoms with E-state index < -0.39 is 10.8 Å². The molecule has 0 radical (unpaired) electrons. The number of guanidine groups is 1. The Morgan fingerprint density at radius 3 is 2.48 bits per heavy atom. The van der Waals surface area contributed by atoms with Gasteiger partial charge in [0.25, 0.3) is 0 Å². The van der Waals surface area contributed by atoms with Gasteiger partial charge in [0, 0.05) is 53.8 Å². The summed E-state index contributed by atoms with van der Waals surface area (Å²) in [6.07, 6.45) is 3.74. The van der Waals surface area contributed by atoms with Crippen LogP contribution in [-0.2, 0) is 23.9 Å². The van der Waals surface area contributed by atoms with E-state index in [2.05, 4.69) is 32.9 Å². The highest BCUT2D eigenvalue weighted by Gasteiger charge is 2.18. The van der Waals surface area contributed by atoms with Gasteiger partial charge >= 0.3 is 0 Å². The minimum atomic E-state index is -0.873. The quantitative estimate of drug-likeness (QED) is 0.347. The molecule has 0 spiro atoms. The number of aromatic nitrogens is 2. The lowest BCUT2D eigenvalue weighted by molar-refractivity contribution is 0.647. The zero-order valence-corrected chi connectivity index (χ0v) is 19.6. The summed E-state index contributed by atoms with van der Waals surface area (Å²) in [7, 11) is 0.869. The lowest BCUT2D eigenvalue weighted by atomic mass is 10.1. The molecule has 8 heteroatoms. The molecule has 0 aliphatic heterocycles. The average Bonchev–Trinajstić information content (AvgIpc) is 3.11. The van der Waals surface area contributed by atoms with Gasteiger partial charge in [-0.25, -0.2) is 0 Å². The molecule has 0 saturated heterocycles. The van der Waals surface area contributed by atoms with Crippen LogP contribution in [0.25, 0.3) is 0 Å². The Kier molecular flexibility index (Phi) is 10.00. The summed E-state index contributed by atoms with van der Waals surface area (Å²) in [6.45, 7) is 8.01. The molecule has 6 nitrogen and oxygen atoms in total. The Balaban J connectivity index is 0.00000364. The molecule has 2 aromatic rings. The lowest BCUT2D eigenvalue weighted by Gasteiger charge is -2.19. The second-order valence-electron chi connectivity index (χ2n) is 6.99. The normalized spacial score (nSPS) is 13.0. The van der Waals surface area contributed by atoms with Crippen molar-refractivity contribution in [1.29, 1.82) is 0 Å². The minimum Gasteiger partial charge on any atom is -0.355 e. The summed E-state index contributed by atoms with van der Waals surface area (Å²) in [4.78, 5) is 4.25. The summed E-state index contributed by atoms with van der Waals surface area (Å²) < 4.78 is 13.8. The van der Waals surface area contributed by atoms with Crippen LogP contribution in [0.3, 0.4) is 0 Å². The third-order valence-corrected chi connectivity index (χ3v) is 5.88. The van der Waals surface area contributed by atoms with Gasteiger partial charge in [-0.05, 0) is 38.0 Å². The topological polar surface area (TPSA) is 71.3 Å². The maximum absolute atomic E-state index is 12.1. The molecule has 0 amide bonds. The van der Waals surface area contributed by atoms with Gasteiger partial charge in [-0.1, -0.05) is 24.3 Å². The van der Waals surface area contributed by atoms with Gasteiger partial charge < -0.3 is 10.6 Å². The smallest absolute Gasteiger partial charge is 0.191 e. The molecule has 1 aromatic carbocycles. The Morgan fingerprint density at radius 2 is 1.89 bits per heavy atom. The molecule has 0 bridgehead atoms. The van der Waals surface area contributed by atoms with E-state index in [0.29, 0.717) is 24.8 Å². The third-order valence-electron chi connectivity index (χ3n) is 3.94. The standard InChI is InChI=1S/C19H29N5OS.HI/c1-19(2,3)26(25)13-11-21-18(20-4)22-14-16-8-5-6-9-17(16)15-24-12-7-10-23-24;/h5-10,12H,11,13-15H2,1-4H3,(H2,20,21,22);1H. The van der Waals surface area contributed by atoms with Crippen molar-refractivity contribution in [3.63, 3.8) is 0 Å². The second-order valence-corrected chi connectivity index (χ2v) is 9.31. The van der Waals surface area contributed by atoms with E-state index in [0.717, 1.165) is 6.54 Å². The van der Waals surface area contributed by atoms with Crippen molar-refractivity contribution in [1.82, 2.24) is 20.4 Å². The molecule has 2 N–H and O–H groups in total. The van der Waals surface area contributed by atoms with Crippen molar-refractivity contribution in [2.24, 2.45) is 4.99 Å². The first-order valence-corrected chi connectivity index (χ1v) is 10.1. The molecular formula is C19H30IN5OS. The zero-order valence-electron chi connectivity index (χ0n) is 16.4. The summed E-state index contributed by atoms with van der Waals surface area (Å²) in [5.74, 6) is 1.31. The van der Waals surface area contributed by atoms with E-state index in [-0.39, 0.29) is 28.7 Å². The van der Waals surface area contributed by atoms with Gasteiger partial charge in [-0.2, -0.15) is 5.10 Å². The first-order valence-electron chi connectivity index (χ1n) is 8.77. The van der Waals surface area contributed by atoms with Gasteiger partial charge in [-0.3, -0.25) is 13.9 Å². The molecule has 0 aliphatic rings. The molecular weight excluding hydrogens is 473 g/mol. The van der Waals surface area contributed by atoms with Crippen LogP contribution in [0, 0.1) is 0 Å². The Labute approximate surface area is 181 Å². The fourth-order valence-corrected chi connectivity index (χ4v) is 3.32. The van der Waals surface area contributed by atoms with Crippen molar-refractivity contribution < 1.29 is 4.21 Å².